The van der Waals surface area contributed by atoms with Crippen molar-refractivity contribution < 1.29 is 38.6 Å². The SMILES string of the molecule is CCC(C)(O)P(=O)(O)OCCO[C@H]([C@H](O)CO)[n+]1cn(C)c2c(=S)nc[nH]c21. The van der Waals surface area contributed by atoms with Crippen molar-refractivity contribution >= 4 is 31.0 Å². The fourth-order valence-electron chi connectivity index (χ4n) is 2.53. The van der Waals surface area contributed by atoms with Gasteiger partial charge in [-0.25, -0.2) is 9.55 Å². The van der Waals surface area contributed by atoms with Gasteiger partial charge in [0.25, 0.3) is 5.65 Å². The third-order valence-electron chi connectivity index (χ3n) is 4.43. The first-order chi connectivity index (χ1) is 13.1. The zero-order valence-electron chi connectivity index (χ0n) is 15.8. The summed E-state index contributed by atoms with van der Waals surface area (Å²) in [6.45, 7) is 1.72. The molecule has 0 aromatic carbocycles. The Hall–Kier alpha value is -1.24. The van der Waals surface area contributed by atoms with Crippen LogP contribution in [0.15, 0.2) is 12.7 Å². The number of ether oxygens (including phenoxy) is 1. The lowest BCUT2D eigenvalue weighted by Gasteiger charge is -2.27. The number of rotatable bonds is 10. The molecule has 0 aliphatic carbocycles. The monoisotopic (exact) mass is 437 g/mol. The lowest BCUT2D eigenvalue weighted by molar-refractivity contribution is -0.751. The molecule has 4 atom stereocenters. The number of aromatic amines is 1. The molecule has 158 valence electrons. The number of imidazole rings is 1. The maximum absolute atomic E-state index is 12.1. The third kappa shape index (κ3) is 4.66. The smallest absolute Gasteiger partial charge is 0.359 e. The first-order valence-electron chi connectivity index (χ1n) is 8.60. The van der Waals surface area contributed by atoms with E-state index < -0.39 is 31.9 Å². The largest absolute Gasteiger partial charge is 0.393 e. The Kier molecular flexibility index (Phi) is 7.45. The van der Waals surface area contributed by atoms with Crippen molar-refractivity contribution in [2.45, 2.75) is 37.9 Å². The Labute approximate surface area is 166 Å². The van der Waals surface area contributed by atoms with E-state index >= 15 is 0 Å². The number of aliphatic hydroxyl groups is 3. The van der Waals surface area contributed by atoms with E-state index in [1.807, 2.05) is 0 Å². The molecular weight excluding hydrogens is 411 g/mol. The molecule has 0 amide bonds. The van der Waals surface area contributed by atoms with Gasteiger partial charge in [0.15, 0.2) is 22.6 Å². The Balaban J connectivity index is 2.18. The lowest BCUT2D eigenvalue weighted by atomic mass is 10.3. The lowest BCUT2D eigenvalue weighted by Crippen LogP contribution is -2.48. The van der Waals surface area contributed by atoms with Crippen molar-refractivity contribution in [1.82, 2.24) is 14.5 Å². The highest BCUT2D eigenvalue weighted by atomic mass is 32.1. The molecule has 2 unspecified atom stereocenters. The molecule has 2 rings (SSSR count). The maximum Gasteiger partial charge on any atom is 0.359 e. The molecule has 5 N–H and O–H groups in total. The second-order valence-electron chi connectivity index (χ2n) is 6.47. The van der Waals surface area contributed by atoms with E-state index in [0.717, 1.165) is 0 Å². The minimum absolute atomic E-state index is 0.0343. The molecule has 28 heavy (non-hydrogen) atoms. The summed E-state index contributed by atoms with van der Waals surface area (Å²) >= 11 is 5.21. The number of hydrogen-bond acceptors (Lipinski definition) is 8. The Bertz CT molecular complexity index is 915. The zero-order chi connectivity index (χ0) is 21.1. The minimum atomic E-state index is -4.28. The van der Waals surface area contributed by atoms with E-state index in [1.165, 1.54) is 17.8 Å². The van der Waals surface area contributed by atoms with Crippen LogP contribution in [-0.2, 0) is 20.9 Å². The standard InChI is InChI=1S/C15H25N4O7PS/c1-4-15(2,22)27(23,24)26-6-5-25-14(10(21)7-20)19-9-18(3)11-12(19)16-8-17-13(11)28/h8-10,14,20-22H,4-7H2,1-3H3,(H-,16,17,23,24,28)/p+1/t10-,14-,15?/m1/s1. The van der Waals surface area contributed by atoms with Gasteiger partial charge in [-0.3, -0.25) is 14.1 Å². The first-order valence-corrected chi connectivity index (χ1v) is 10.6. The van der Waals surface area contributed by atoms with Gasteiger partial charge in [0.2, 0.25) is 11.7 Å². The molecule has 0 saturated carbocycles. The van der Waals surface area contributed by atoms with E-state index in [0.29, 0.717) is 15.8 Å². The van der Waals surface area contributed by atoms with Crippen molar-refractivity contribution in [3.63, 3.8) is 0 Å². The van der Waals surface area contributed by atoms with Crippen LogP contribution in [0.5, 0.6) is 0 Å². The minimum Gasteiger partial charge on any atom is -0.393 e. The first kappa shape index (κ1) is 23.0. The van der Waals surface area contributed by atoms with Gasteiger partial charge in [-0.15, -0.1) is 0 Å². The maximum atomic E-state index is 12.1. The van der Waals surface area contributed by atoms with Crippen molar-refractivity contribution in [3.05, 3.63) is 17.3 Å². The van der Waals surface area contributed by atoms with Crippen molar-refractivity contribution in [3.8, 4) is 0 Å². The van der Waals surface area contributed by atoms with Crippen molar-refractivity contribution in [1.29, 1.82) is 0 Å². The number of hydrogen-bond donors (Lipinski definition) is 5. The molecule has 0 fully saturated rings. The molecule has 0 aliphatic rings. The zero-order valence-corrected chi connectivity index (χ0v) is 17.6. The van der Waals surface area contributed by atoms with E-state index in [-0.39, 0.29) is 19.6 Å². The molecular formula is C15H26N4O7PS+. The summed E-state index contributed by atoms with van der Waals surface area (Å²) in [6, 6.07) is 0. The Morgan fingerprint density at radius 2 is 2.18 bits per heavy atom. The van der Waals surface area contributed by atoms with Gasteiger partial charge < -0.3 is 29.5 Å². The predicted molar refractivity (Wildman–Crippen MR) is 101 cm³/mol. The quantitative estimate of drug-likeness (QED) is 0.151. The average molecular weight is 437 g/mol. The summed E-state index contributed by atoms with van der Waals surface area (Å²) in [5.74, 6) is 0. The van der Waals surface area contributed by atoms with Gasteiger partial charge in [-0.1, -0.05) is 19.1 Å². The van der Waals surface area contributed by atoms with Crippen LogP contribution in [0.25, 0.3) is 11.2 Å². The molecule has 0 spiro atoms. The number of fused-ring (bicyclic) bond motifs is 1. The summed E-state index contributed by atoms with van der Waals surface area (Å²) in [7, 11) is -2.53. The number of aliphatic hydroxyl groups excluding tert-OH is 2. The average Bonchev–Trinajstić information content (AvgIpc) is 2.98. The number of nitrogens with one attached hydrogen (secondary N) is 1. The van der Waals surface area contributed by atoms with E-state index in [9.17, 15) is 24.8 Å². The second kappa shape index (κ2) is 9.06. The van der Waals surface area contributed by atoms with Crippen LogP contribution in [0.4, 0.5) is 0 Å². The topological polar surface area (TPSA) is 154 Å². The molecule has 0 bridgehead atoms. The van der Waals surface area contributed by atoms with Gasteiger partial charge in [-0.2, -0.15) is 0 Å². The van der Waals surface area contributed by atoms with Crippen molar-refractivity contribution in [2.75, 3.05) is 19.8 Å². The normalized spacial score (nSPS) is 18.5. The van der Waals surface area contributed by atoms with Gasteiger partial charge in [0, 0.05) is 0 Å². The van der Waals surface area contributed by atoms with Crippen LogP contribution < -0.4 is 4.57 Å². The fraction of sp³-hybridized carbons (Fsp3) is 0.667. The van der Waals surface area contributed by atoms with Crippen LogP contribution in [0, 0.1) is 4.64 Å². The van der Waals surface area contributed by atoms with E-state index in [1.54, 1.807) is 24.9 Å². The molecule has 0 aliphatic heterocycles. The summed E-state index contributed by atoms with van der Waals surface area (Å²) < 4.78 is 26.2. The highest BCUT2D eigenvalue weighted by molar-refractivity contribution is 7.71. The van der Waals surface area contributed by atoms with Crippen LogP contribution in [0.1, 0.15) is 26.5 Å². The molecule has 11 nitrogen and oxygen atoms in total. The number of nitrogens with zero attached hydrogens (tertiary/aromatic N) is 3. The van der Waals surface area contributed by atoms with Crippen LogP contribution in [0.2, 0.25) is 0 Å². The highest BCUT2D eigenvalue weighted by Gasteiger charge is 2.41. The number of H-pyrrole nitrogens is 1. The summed E-state index contributed by atoms with van der Waals surface area (Å²) in [5, 5.41) is 27.6. The van der Waals surface area contributed by atoms with Gasteiger partial charge in [0.05, 0.1) is 26.9 Å². The van der Waals surface area contributed by atoms with E-state index in [4.69, 9.17) is 21.5 Å². The second-order valence-corrected chi connectivity index (χ2v) is 9.12. The Morgan fingerprint density at radius 1 is 1.50 bits per heavy atom. The molecule has 0 radical (unpaired) electrons. The van der Waals surface area contributed by atoms with Gasteiger partial charge in [0.1, 0.15) is 6.10 Å². The molecule has 2 heterocycles. The number of aryl methyl sites for hydroxylation is 1. The highest BCUT2D eigenvalue weighted by Crippen LogP contribution is 2.55. The molecule has 2 aromatic rings. The molecule has 0 saturated heterocycles. The Morgan fingerprint density at radius 3 is 2.79 bits per heavy atom. The van der Waals surface area contributed by atoms with Gasteiger partial charge in [-0.05, 0) is 13.3 Å². The molecule has 2 aromatic heterocycles. The molecule has 13 heteroatoms. The number of aromatic nitrogens is 4. The summed E-state index contributed by atoms with van der Waals surface area (Å²) in [4.78, 5) is 16.8. The fourth-order valence-corrected chi connectivity index (χ4v) is 3.82. The third-order valence-corrected chi connectivity index (χ3v) is 6.79. The summed E-state index contributed by atoms with van der Waals surface area (Å²) in [5.41, 5.74) is 1.12. The predicted octanol–water partition coefficient (Wildman–Crippen LogP) is 0.107. The van der Waals surface area contributed by atoms with E-state index in [2.05, 4.69) is 9.97 Å². The van der Waals surface area contributed by atoms with Crippen LogP contribution >= 0.6 is 19.8 Å². The van der Waals surface area contributed by atoms with Crippen molar-refractivity contribution in [2.24, 2.45) is 7.05 Å². The van der Waals surface area contributed by atoms with Gasteiger partial charge >= 0.3 is 7.60 Å². The van der Waals surface area contributed by atoms with Crippen LogP contribution in [0.3, 0.4) is 0 Å². The van der Waals surface area contributed by atoms with Crippen LogP contribution in [-0.4, -0.2) is 66.0 Å². The summed E-state index contributed by atoms with van der Waals surface area (Å²) in [6.07, 6.45) is 0.733.